The number of nitrogens with two attached hydrogens (primary N) is 5. The number of hydrogen-bond acceptors (Lipinski definition) is 25. The van der Waals surface area contributed by atoms with Crippen LogP contribution in [0.4, 0.5) is 80.5 Å². The van der Waals surface area contributed by atoms with Crippen LogP contribution in [0.5, 0.6) is 0 Å². The van der Waals surface area contributed by atoms with E-state index in [-0.39, 0.29) is 145 Å². The molecule has 0 unspecified atom stereocenters. The van der Waals surface area contributed by atoms with Crippen LogP contribution < -0.4 is 174 Å². The third-order valence-corrected chi connectivity index (χ3v) is 16.4. The van der Waals surface area contributed by atoms with Gasteiger partial charge in [0.2, 0.25) is 52.0 Å². The van der Waals surface area contributed by atoms with E-state index in [0.29, 0.717) is 110 Å². The summed E-state index contributed by atoms with van der Waals surface area (Å²) < 4.78 is 0. The molecule has 5 amide bonds. The van der Waals surface area contributed by atoms with Gasteiger partial charge in [-0.15, -0.1) is 0 Å². The van der Waals surface area contributed by atoms with Crippen molar-refractivity contribution in [1.82, 2.24) is 39.9 Å². The van der Waals surface area contributed by atoms with Gasteiger partial charge in [-0.05, 0) is 197 Å². The van der Waals surface area contributed by atoms with E-state index in [1.54, 1.807) is 97.6 Å². The first-order valence-corrected chi connectivity index (χ1v) is 35.6. The molecule has 600 valence electrons. The molecule has 35 heteroatoms. The van der Waals surface area contributed by atoms with Gasteiger partial charge in [0.1, 0.15) is 22.6 Å². The van der Waals surface area contributed by atoms with Crippen LogP contribution in [-0.4, -0.2) is 87.4 Å². The summed E-state index contributed by atoms with van der Waals surface area (Å²) in [4.78, 5) is 124. The van der Waals surface area contributed by atoms with Crippen LogP contribution in [0.3, 0.4) is 0 Å². The summed E-state index contributed by atoms with van der Waals surface area (Å²) in [5.41, 5.74) is 42.0. The average Bonchev–Trinajstić information content (AvgIpc) is 0.832. The number of anilines is 14. The van der Waals surface area contributed by atoms with Crippen molar-refractivity contribution in [3.8, 4) is 0 Å². The van der Waals surface area contributed by atoms with Crippen molar-refractivity contribution in [1.29, 1.82) is 0 Å². The number of nitrogens with one attached hydrogen (secondary N) is 7. The van der Waals surface area contributed by atoms with Gasteiger partial charge < -0.3 is 77.5 Å². The van der Waals surface area contributed by atoms with Gasteiger partial charge >= 0.3 is 103 Å². The fraction of sp³-hybridized carbons (Fsp3) is 0.108. The van der Waals surface area contributed by atoms with Gasteiger partial charge in [-0.1, -0.05) is 117 Å². The number of para-hydroxylation sites is 6. The Morgan fingerprint density at radius 2 is 0.754 bits per heavy atom. The van der Waals surface area contributed by atoms with Crippen molar-refractivity contribution < 1.29 is 153 Å². The average molecular weight is 1710 g/mol. The number of aryl methyl sites for hydroxylation is 7. The Morgan fingerprint density at radius 1 is 0.407 bits per heavy atom. The number of ketones is 2. The second-order valence-corrected chi connectivity index (χ2v) is 25.3. The molecule has 118 heavy (non-hydrogen) atoms. The Morgan fingerprint density at radius 3 is 1.14 bits per heavy atom. The zero-order valence-electron chi connectivity index (χ0n) is 67.1. The van der Waals surface area contributed by atoms with Gasteiger partial charge in [0.25, 0.3) is 6.47 Å². The number of halogens is 3. The number of carbonyl (C=O) groups excluding carboxylic acids is 8. The fourth-order valence-electron chi connectivity index (χ4n) is 9.22. The Bertz CT molecular complexity index is 5230. The minimum absolute atomic E-state index is 0. The van der Waals surface area contributed by atoms with E-state index < -0.39 is 17.7 Å². The Balaban J connectivity index is 0.000000501. The Kier molecular flexibility index (Phi) is 44.8. The minimum atomic E-state index is -0.511. The van der Waals surface area contributed by atoms with Crippen molar-refractivity contribution in [2.75, 3.05) is 48.7 Å². The molecule has 30 nitrogen and oxygen atoms in total. The molecule has 0 saturated carbocycles. The Labute approximate surface area is 783 Å². The molecular formula is C83H85Cl3K2N20O10. The molecule has 11 aromatic rings. The third-order valence-electron chi connectivity index (χ3n) is 15.7. The second-order valence-electron chi connectivity index (χ2n) is 24.3. The van der Waals surface area contributed by atoms with Gasteiger partial charge in [-0.25, -0.2) is 29.9 Å². The first-order valence-electron chi connectivity index (χ1n) is 34.4. The number of hydrogen-bond donors (Lipinski definition) is 12. The van der Waals surface area contributed by atoms with E-state index in [1.165, 1.54) is 24.3 Å². The van der Waals surface area contributed by atoms with Crippen molar-refractivity contribution in [2.45, 2.75) is 61.3 Å². The molecule has 0 spiro atoms. The molecule has 0 aliphatic heterocycles. The topological polar surface area (TPSA) is 486 Å². The predicted molar refractivity (Wildman–Crippen MR) is 456 cm³/mol. The van der Waals surface area contributed by atoms with E-state index in [2.05, 4.69) is 108 Å². The number of benzene rings is 7. The van der Waals surface area contributed by atoms with E-state index in [4.69, 9.17) is 73.5 Å². The SMILES string of the molecule is C=CC(=O)Cc1ccccc1N.C=CC(=O)Cc1ccccc1Nc1nc(Cl)ncc1C.C=CC(=O)Nc1ccccc1Nc1nc(Nc2cc(C(N)=O)ccc2C)ncc1C.C=CC(=O)Nc1ccccc1Nc1nc(Nc2cc(C(N)=O)ccc2C)ncc1C.Cc1ccc(C(N)=O)cc1N.Cc1cnc(Cl)nc1Cl.O=CO[O-].[H-].[K+].[K+]. The maximum atomic E-state index is 11.7. The normalized spacial score (nSPS) is 9.65. The Hall–Kier alpha value is -11.3. The largest absolute Gasteiger partial charge is 1.00 e. The number of primary amides is 3. The first kappa shape index (κ1) is 101. The van der Waals surface area contributed by atoms with E-state index >= 15 is 0 Å². The zero-order valence-corrected chi connectivity index (χ0v) is 74.6. The quantitative estimate of drug-likeness (QED) is 0.00398. The van der Waals surface area contributed by atoms with Crippen LogP contribution in [0.25, 0.3) is 0 Å². The van der Waals surface area contributed by atoms with Gasteiger partial charge in [-0.3, -0.25) is 38.4 Å². The minimum Gasteiger partial charge on any atom is -1.00 e. The number of aromatic nitrogens is 8. The second kappa shape index (κ2) is 52.4. The maximum Gasteiger partial charge on any atom is 1.00 e. The van der Waals surface area contributed by atoms with Crippen LogP contribution >= 0.6 is 34.8 Å². The first-order chi connectivity index (χ1) is 55.3. The monoisotopic (exact) mass is 1700 g/mol. The van der Waals surface area contributed by atoms with Crippen LogP contribution in [0.2, 0.25) is 15.7 Å². The summed E-state index contributed by atoms with van der Waals surface area (Å²) in [6.07, 6.45) is 12.3. The molecule has 4 heterocycles. The maximum absolute atomic E-state index is 11.7. The standard InChI is InChI=1S/2C22H22N6O2.C15H14ClN3O.C10H11NO.C8H10N2O.C5H4Cl2N2.CH2O3.2K.H/c2*1-4-19(29)25-16-7-5-6-8-17(16)26-21-14(3)12-24-22(28-21)27-18-11-15(20(23)30)10-9-13(18)2;1-3-12(20)8-11-6-4-5-7-13(11)18-14-10(2)9-17-15(16)19-14;1-2-9(12)7-8-5-3-4-6-10(8)11;1-5-2-3-6(8(10)11)4-7(5)9;1-3-2-8-5(7)9-4(3)6;2-1-4-3;;;/h2*4-12H,1H2,2-3H3,(H2,23,30)(H,25,29)(H2,24,26,27,28);3-7,9H,1,8H2,2H3,(H,17,18,19);2-6H,1,7,11H2;2-4H,9H2,1H3,(H2,10,11);2H,1H3;1,3H;;;/q;;;;;;;2*+1;-1/p-1. The summed E-state index contributed by atoms with van der Waals surface area (Å²) in [5, 5.41) is 30.6. The molecule has 4 aromatic heterocycles. The van der Waals surface area contributed by atoms with Crippen LogP contribution in [0.15, 0.2) is 227 Å². The van der Waals surface area contributed by atoms with E-state index in [9.17, 15) is 33.6 Å². The summed E-state index contributed by atoms with van der Waals surface area (Å²) in [5.74, 6) is 0.331. The molecule has 17 N–H and O–H groups in total. The van der Waals surface area contributed by atoms with Gasteiger partial charge in [0, 0.05) is 105 Å². The van der Waals surface area contributed by atoms with Gasteiger partial charge in [-0.2, -0.15) is 9.97 Å². The molecular weight excluding hydrogens is 1620 g/mol. The predicted octanol–water partition coefficient (Wildman–Crippen LogP) is 7.98. The van der Waals surface area contributed by atoms with Gasteiger partial charge in [0.05, 0.1) is 22.7 Å². The summed E-state index contributed by atoms with van der Waals surface area (Å²) in [6, 6.07) is 44.7. The molecule has 0 aliphatic carbocycles. The number of allylic oxidation sites excluding steroid dienone is 2. The van der Waals surface area contributed by atoms with Crippen molar-refractivity contribution >= 4 is 163 Å². The molecule has 0 fully saturated rings. The van der Waals surface area contributed by atoms with Crippen LogP contribution in [0.1, 0.15) is 82.6 Å². The summed E-state index contributed by atoms with van der Waals surface area (Å²) in [7, 11) is 0. The number of nitrogens with zero attached hydrogens (tertiary/aromatic N) is 8. The summed E-state index contributed by atoms with van der Waals surface area (Å²) in [6.45, 7) is 26.8. The van der Waals surface area contributed by atoms with Crippen molar-refractivity contribution in [3.05, 3.63) is 310 Å². The van der Waals surface area contributed by atoms with Crippen LogP contribution in [0, 0.1) is 48.5 Å². The molecule has 0 radical (unpaired) electrons. The summed E-state index contributed by atoms with van der Waals surface area (Å²) >= 11 is 16.8. The van der Waals surface area contributed by atoms with Gasteiger partial charge in [0.15, 0.2) is 11.6 Å². The zero-order chi connectivity index (χ0) is 85.6. The fourth-order valence-corrected chi connectivity index (χ4v) is 9.66. The number of carbonyl (C=O) groups is 8. The smallest absolute Gasteiger partial charge is 1.00 e. The van der Waals surface area contributed by atoms with E-state index in [0.717, 1.165) is 55.8 Å². The number of rotatable bonds is 24. The molecule has 0 saturated heterocycles. The third kappa shape index (κ3) is 34.5. The van der Waals surface area contributed by atoms with E-state index in [1.807, 2.05) is 127 Å². The van der Waals surface area contributed by atoms with Crippen LogP contribution in [-0.2, 0) is 41.7 Å². The molecule has 0 bridgehead atoms. The molecule has 11 rings (SSSR count). The molecule has 0 aliphatic rings. The molecule has 0 atom stereocenters. The number of amides is 5. The van der Waals surface area contributed by atoms with Crippen molar-refractivity contribution in [2.24, 2.45) is 17.2 Å². The number of nitrogen functional groups attached to an aromatic ring is 2. The van der Waals surface area contributed by atoms with Crippen molar-refractivity contribution in [3.63, 3.8) is 0 Å². The molecule has 7 aromatic carbocycles.